The van der Waals surface area contributed by atoms with E-state index in [2.05, 4.69) is 4.98 Å². The van der Waals surface area contributed by atoms with Crippen LogP contribution in [0.2, 0.25) is 0 Å². The summed E-state index contributed by atoms with van der Waals surface area (Å²) >= 11 is 0. The smallest absolute Gasteiger partial charge is 0.283 e. The second-order valence-corrected chi connectivity index (χ2v) is 2.71. The van der Waals surface area contributed by atoms with E-state index in [9.17, 15) is 18.9 Å². The molecule has 1 heterocycles. The van der Waals surface area contributed by atoms with Crippen LogP contribution in [-0.2, 0) is 6.61 Å². The Labute approximate surface area is 87.9 Å². The van der Waals surface area contributed by atoms with Gasteiger partial charge in [0.05, 0.1) is 23.3 Å². The Kier molecular flexibility index (Phi) is 3.42. The average Bonchev–Trinajstić information content (AvgIpc) is 2.26. The summed E-state index contributed by atoms with van der Waals surface area (Å²) in [4.78, 5) is 12.9. The molecule has 6 nitrogen and oxygen atoms in total. The number of pyridine rings is 1. The van der Waals surface area contributed by atoms with Gasteiger partial charge in [0.1, 0.15) is 17.3 Å². The molecule has 0 fully saturated rings. The minimum atomic E-state index is -3.14. The number of nitriles is 1. The fourth-order valence-electron chi connectivity index (χ4n) is 1.16. The Morgan fingerprint density at radius 3 is 2.69 bits per heavy atom. The molecule has 0 aromatic carbocycles. The van der Waals surface area contributed by atoms with E-state index in [1.54, 1.807) is 0 Å². The third-order valence-corrected chi connectivity index (χ3v) is 1.79. The molecule has 0 spiro atoms. The Balaban J connectivity index is 3.55. The number of hydrogen-bond acceptors (Lipinski definition) is 5. The lowest BCUT2D eigenvalue weighted by atomic mass is 10.1. The van der Waals surface area contributed by atoms with Crippen molar-refractivity contribution in [2.75, 3.05) is 0 Å². The molecule has 0 aliphatic rings. The van der Waals surface area contributed by atoms with E-state index in [1.165, 1.54) is 6.07 Å². The first-order valence-corrected chi connectivity index (χ1v) is 3.98. The van der Waals surface area contributed by atoms with E-state index in [0.29, 0.717) is 6.07 Å². The lowest BCUT2D eigenvalue weighted by Crippen LogP contribution is -2.05. The lowest BCUT2D eigenvalue weighted by molar-refractivity contribution is -0.386. The van der Waals surface area contributed by atoms with Crippen LogP contribution in [0.3, 0.4) is 0 Å². The standard InChI is InChI=1S/C8H5F2N3O3/c9-8(10)7-5(3-14)12-4(2-11)1-6(7)13(15)16/h1,8,14H,3H2. The topological polar surface area (TPSA) is 100 Å². The van der Waals surface area contributed by atoms with Crippen molar-refractivity contribution >= 4 is 5.69 Å². The monoisotopic (exact) mass is 229 g/mol. The summed E-state index contributed by atoms with van der Waals surface area (Å²) in [7, 11) is 0. The lowest BCUT2D eigenvalue weighted by Gasteiger charge is -2.06. The maximum absolute atomic E-state index is 12.5. The Morgan fingerprint density at radius 1 is 1.69 bits per heavy atom. The fraction of sp³-hybridized carbons (Fsp3) is 0.250. The van der Waals surface area contributed by atoms with Gasteiger partial charge in [-0.3, -0.25) is 10.1 Å². The number of aliphatic hydroxyl groups excluding tert-OH is 1. The number of aromatic nitrogens is 1. The summed E-state index contributed by atoms with van der Waals surface area (Å²) in [5, 5.41) is 27.8. The Hall–Kier alpha value is -2.14. The second-order valence-electron chi connectivity index (χ2n) is 2.71. The molecule has 0 bridgehead atoms. The zero-order chi connectivity index (χ0) is 12.3. The molecule has 84 valence electrons. The van der Waals surface area contributed by atoms with Crippen LogP contribution in [0.1, 0.15) is 23.4 Å². The summed E-state index contributed by atoms with van der Waals surface area (Å²) in [6.45, 7) is -0.893. The van der Waals surface area contributed by atoms with Gasteiger partial charge in [0.2, 0.25) is 0 Å². The molecule has 0 saturated carbocycles. The quantitative estimate of drug-likeness (QED) is 0.621. The molecule has 0 radical (unpaired) electrons. The number of nitro groups is 1. The van der Waals surface area contributed by atoms with Crippen molar-refractivity contribution in [1.29, 1.82) is 5.26 Å². The molecule has 1 rings (SSSR count). The van der Waals surface area contributed by atoms with Gasteiger partial charge in [0.25, 0.3) is 12.1 Å². The van der Waals surface area contributed by atoms with Crippen LogP contribution in [0, 0.1) is 21.4 Å². The van der Waals surface area contributed by atoms with Crippen molar-refractivity contribution in [1.82, 2.24) is 4.98 Å². The third kappa shape index (κ3) is 2.09. The Bertz CT molecular complexity index is 470. The van der Waals surface area contributed by atoms with Crippen molar-refractivity contribution in [2.45, 2.75) is 13.0 Å². The maximum Gasteiger partial charge on any atom is 0.283 e. The van der Waals surface area contributed by atoms with Gasteiger partial charge in [-0.15, -0.1) is 0 Å². The molecule has 1 aromatic rings. The summed E-state index contributed by atoms with van der Waals surface area (Å²) in [5.74, 6) is 0. The van der Waals surface area contributed by atoms with Crippen molar-refractivity contribution < 1.29 is 18.8 Å². The highest BCUT2D eigenvalue weighted by Gasteiger charge is 2.27. The van der Waals surface area contributed by atoms with Crippen molar-refractivity contribution in [3.05, 3.63) is 33.1 Å². The van der Waals surface area contributed by atoms with E-state index in [4.69, 9.17) is 10.4 Å². The SMILES string of the molecule is N#Cc1cc([N+](=O)[O-])c(C(F)F)c(CO)n1. The number of hydrogen-bond donors (Lipinski definition) is 1. The van der Waals surface area contributed by atoms with Gasteiger partial charge in [0.15, 0.2) is 0 Å². The van der Waals surface area contributed by atoms with Crippen LogP contribution in [0.15, 0.2) is 6.07 Å². The summed E-state index contributed by atoms with van der Waals surface area (Å²) in [6.07, 6.45) is -3.14. The van der Waals surface area contributed by atoms with Crippen LogP contribution >= 0.6 is 0 Å². The average molecular weight is 229 g/mol. The second kappa shape index (κ2) is 4.59. The van der Waals surface area contributed by atoms with E-state index < -0.39 is 34.9 Å². The van der Waals surface area contributed by atoms with Gasteiger partial charge >= 0.3 is 0 Å². The van der Waals surface area contributed by atoms with E-state index in [0.717, 1.165) is 0 Å². The van der Waals surface area contributed by atoms with Gasteiger partial charge in [0, 0.05) is 0 Å². The van der Waals surface area contributed by atoms with Gasteiger partial charge in [-0.25, -0.2) is 13.8 Å². The van der Waals surface area contributed by atoms with Crippen LogP contribution in [0.4, 0.5) is 14.5 Å². The number of rotatable bonds is 3. The highest BCUT2D eigenvalue weighted by atomic mass is 19.3. The van der Waals surface area contributed by atoms with Crippen molar-refractivity contribution in [2.24, 2.45) is 0 Å². The molecule has 1 N–H and O–H groups in total. The van der Waals surface area contributed by atoms with Crippen LogP contribution in [0.5, 0.6) is 0 Å². The van der Waals surface area contributed by atoms with Crippen molar-refractivity contribution in [3.63, 3.8) is 0 Å². The zero-order valence-electron chi connectivity index (χ0n) is 7.72. The molecule has 0 aliphatic heterocycles. The first-order valence-electron chi connectivity index (χ1n) is 3.98. The Morgan fingerprint density at radius 2 is 2.31 bits per heavy atom. The van der Waals surface area contributed by atoms with Crippen molar-refractivity contribution in [3.8, 4) is 6.07 Å². The van der Waals surface area contributed by atoms with Gasteiger partial charge < -0.3 is 5.11 Å². The predicted octanol–water partition coefficient (Wildman–Crippen LogP) is 1.29. The summed E-state index contributed by atoms with van der Waals surface area (Å²) in [6, 6.07) is 2.14. The number of aliphatic hydroxyl groups is 1. The maximum atomic E-state index is 12.5. The molecule has 16 heavy (non-hydrogen) atoms. The number of alkyl halides is 2. The summed E-state index contributed by atoms with van der Waals surface area (Å²) in [5.41, 5.74) is -2.81. The van der Waals surface area contributed by atoms with E-state index >= 15 is 0 Å². The molecule has 0 unspecified atom stereocenters. The number of halogens is 2. The first-order chi connectivity index (χ1) is 7.51. The highest BCUT2D eigenvalue weighted by molar-refractivity contribution is 5.47. The minimum absolute atomic E-state index is 0.389. The molecule has 0 saturated heterocycles. The number of nitrogens with zero attached hydrogens (tertiary/aromatic N) is 3. The largest absolute Gasteiger partial charge is 0.390 e. The molecule has 1 aromatic heterocycles. The van der Waals surface area contributed by atoms with Gasteiger partial charge in [-0.1, -0.05) is 0 Å². The van der Waals surface area contributed by atoms with Crippen LogP contribution in [-0.4, -0.2) is 15.0 Å². The third-order valence-electron chi connectivity index (χ3n) is 1.79. The minimum Gasteiger partial charge on any atom is -0.390 e. The normalized spacial score (nSPS) is 10.2. The molecular formula is C8H5F2N3O3. The molecule has 0 atom stereocenters. The zero-order valence-corrected chi connectivity index (χ0v) is 7.72. The molecule has 0 amide bonds. The van der Waals surface area contributed by atoms with E-state index in [-0.39, 0.29) is 5.69 Å². The van der Waals surface area contributed by atoms with E-state index in [1.807, 2.05) is 0 Å². The van der Waals surface area contributed by atoms with Gasteiger partial charge in [-0.2, -0.15) is 5.26 Å². The first kappa shape index (κ1) is 11.9. The predicted molar refractivity (Wildman–Crippen MR) is 46.5 cm³/mol. The molecular weight excluding hydrogens is 224 g/mol. The van der Waals surface area contributed by atoms with Crippen LogP contribution < -0.4 is 0 Å². The molecule has 0 aliphatic carbocycles. The van der Waals surface area contributed by atoms with Crippen LogP contribution in [0.25, 0.3) is 0 Å². The van der Waals surface area contributed by atoms with Gasteiger partial charge in [-0.05, 0) is 0 Å². The highest BCUT2D eigenvalue weighted by Crippen LogP contribution is 2.31. The molecule has 8 heteroatoms. The summed E-state index contributed by atoms with van der Waals surface area (Å²) < 4.78 is 25.1. The fourth-order valence-corrected chi connectivity index (χ4v) is 1.16.